The second kappa shape index (κ2) is 5.28. The second-order valence-corrected chi connectivity index (χ2v) is 5.47. The molecule has 0 bridgehead atoms. The van der Waals surface area contributed by atoms with Crippen LogP contribution in [0, 0.1) is 6.92 Å². The molecule has 1 amide bonds. The minimum Gasteiger partial charge on any atom is -0.335 e. The van der Waals surface area contributed by atoms with Crippen molar-refractivity contribution in [1.29, 1.82) is 0 Å². The van der Waals surface area contributed by atoms with Crippen molar-refractivity contribution in [3.8, 4) is 0 Å². The third kappa shape index (κ3) is 3.14. The zero-order valence-corrected chi connectivity index (χ0v) is 12.1. The third-order valence-corrected chi connectivity index (χ3v) is 3.85. The van der Waals surface area contributed by atoms with Crippen molar-refractivity contribution in [2.45, 2.75) is 26.3 Å². The number of benzene rings is 1. The Balaban J connectivity index is 3.05. The normalized spacial score (nSPS) is 11.4. The highest BCUT2D eigenvalue weighted by atomic mass is 35.5. The van der Waals surface area contributed by atoms with Crippen LogP contribution < -0.4 is 0 Å². The van der Waals surface area contributed by atoms with E-state index >= 15 is 0 Å². The topological polar surface area (TPSA) is 20.3 Å². The average Bonchev–Trinajstić information content (AvgIpc) is 2.27. The molecule has 4 heteroatoms. The number of hydrogen-bond donors (Lipinski definition) is 0. The lowest BCUT2D eigenvalue weighted by atomic mass is 10.0. The van der Waals surface area contributed by atoms with Crippen LogP contribution in [-0.4, -0.2) is 29.3 Å². The van der Waals surface area contributed by atoms with Gasteiger partial charge in [-0.05, 0) is 44.5 Å². The van der Waals surface area contributed by atoms with Crippen molar-refractivity contribution in [1.82, 2.24) is 4.90 Å². The van der Waals surface area contributed by atoms with E-state index in [0.29, 0.717) is 16.5 Å². The average molecular weight is 274 g/mol. The smallest absolute Gasteiger partial charge is 0.254 e. The quantitative estimate of drug-likeness (QED) is 0.769. The molecule has 0 aromatic heterocycles. The first kappa shape index (κ1) is 14.3. The van der Waals surface area contributed by atoms with Crippen molar-refractivity contribution in [3.63, 3.8) is 0 Å². The van der Waals surface area contributed by atoms with Crippen LogP contribution in [0.15, 0.2) is 18.2 Å². The van der Waals surface area contributed by atoms with Gasteiger partial charge in [-0.3, -0.25) is 4.79 Å². The van der Waals surface area contributed by atoms with Crippen LogP contribution in [0.4, 0.5) is 0 Å². The van der Waals surface area contributed by atoms with Gasteiger partial charge in [0, 0.05) is 23.5 Å². The number of nitrogens with zero attached hydrogens (tertiary/aromatic N) is 1. The fraction of sp³-hybridized carbons (Fsp3) is 0.462. The second-order valence-electron chi connectivity index (χ2n) is 4.77. The number of carbonyl (C=O) groups excluding carboxylic acids is 1. The summed E-state index contributed by atoms with van der Waals surface area (Å²) in [7, 11) is 1.76. The molecule has 0 heterocycles. The first-order valence-electron chi connectivity index (χ1n) is 5.40. The standard InChI is InChI=1S/C13H17Cl2NO/c1-9-7-10(15)5-6-11(9)12(17)16(4)13(2,3)8-14/h5-7H,8H2,1-4H3. The highest BCUT2D eigenvalue weighted by Gasteiger charge is 2.28. The lowest BCUT2D eigenvalue weighted by Gasteiger charge is -2.34. The molecule has 2 nitrogen and oxygen atoms in total. The van der Waals surface area contributed by atoms with Crippen LogP contribution >= 0.6 is 23.2 Å². The number of halogens is 2. The van der Waals surface area contributed by atoms with Gasteiger partial charge in [0.05, 0.1) is 5.54 Å². The zero-order chi connectivity index (χ0) is 13.2. The molecule has 0 aliphatic carbocycles. The van der Waals surface area contributed by atoms with E-state index in [1.165, 1.54) is 0 Å². The van der Waals surface area contributed by atoms with E-state index in [4.69, 9.17) is 23.2 Å². The molecule has 0 atom stereocenters. The predicted octanol–water partition coefficient (Wildman–Crippen LogP) is 3.74. The van der Waals surface area contributed by atoms with Crippen molar-refractivity contribution in [3.05, 3.63) is 34.3 Å². The first-order valence-corrected chi connectivity index (χ1v) is 6.31. The molecule has 0 unspecified atom stereocenters. The number of amides is 1. The Morgan fingerprint density at radius 2 is 2.00 bits per heavy atom. The third-order valence-electron chi connectivity index (χ3n) is 2.96. The highest BCUT2D eigenvalue weighted by Crippen LogP contribution is 2.21. The van der Waals surface area contributed by atoms with Gasteiger partial charge >= 0.3 is 0 Å². The van der Waals surface area contributed by atoms with Gasteiger partial charge in [-0.1, -0.05) is 11.6 Å². The summed E-state index contributed by atoms with van der Waals surface area (Å²) in [5, 5.41) is 0.637. The van der Waals surface area contributed by atoms with E-state index in [1.54, 1.807) is 30.1 Å². The maximum atomic E-state index is 12.3. The zero-order valence-electron chi connectivity index (χ0n) is 10.6. The number of rotatable bonds is 3. The van der Waals surface area contributed by atoms with Crippen LogP contribution in [0.1, 0.15) is 29.8 Å². The van der Waals surface area contributed by atoms with Gasteiger partial charge < -0.3 is 4.90 Å². The number of hydrogen-bond acceptors (Lipinski definition) is 1. The van der Waals surface area contributed by atoms with E-state index in [2.05, 4.69) is 0 Å². The molecule has 0 fully saturated rings. The highest BCUT2D eigenvalue weighted by molar-refractivity contribution is 6.30. The van der Waals surface area contributed by atoms with Crippen molar-refractivity contribution < 1.29 is 4.79 Å². The lowest BCUT2D eigenvalue weighted by molar-refractivity contribution is 0.0659. The number of alkyl halides is 1. The molecule has 1 aromatic rings. The van der Waals surface area contributed by atoms with E-state index in [9.17, 15) is 4.79 Å². The van der Waals surface area contributed by atoms with Gasteiger partial charge in [0.15, 0.2) is 0 Å². The molecule has 0 saturated carbocycles. The summed E-state index contributed by atoms with van der Waals surface area (Å²) in [6.07, 6.45) is 0. The molecule has 0 saturated heterocycles. The summed E-state index contributed by atoms with van der Waals surface area (Å²) in [4.78, 5) is 14.0. The van der Waals surface area contributed by atoms with Crippen LogP contribution in [0.5, 0.6) is 0 Å². The maximum Gasteiger partial charge on any atom is 0.254 e. The Hall–Kier alpha value is -0.730. The molecule has 0 aliphatic rings. The minimum atomic E-state index is -0.370. The number of carbonyl (C=O) groups is 1. The molecule has 0 N–H and O–H groups in total. The molecular formula is C13H17Cl2NO. The molecule has 0 spiro atoms. The van der Waals surface area contributed by atoms with Gasteiger partial charge in [0.25, 0.3) is 5.91 Å². The number of aryl methyl sites for hydroxylation is 1. The fourth-order valence-corrected chi connectivity index (χ4v) is 1.82. The Morgan fingerprint density at radius 3 is 2.47 bits per heavy atom. The summed E-state index contributed by atoms with van der Waals surface area (Å²) in [6, 6.07) is 5.26. The van der Waals surface area contributed by atoms with Crippen LogP contribution in [0.2, 0.25) is 5.02 Å². The predicted molar refractivity (Wildman–Crippen MR) is 73.1 cm³/mol. The Bertz CT molecular complexity index is 429. The van der Waals surface area contributed by atoms with E-state index < -0.39 is 0 Å². The Labute approximate surface area is 113 Å². The van der Waals surface area contributed by atoms with Gasteiger partial charge in [0.1, 0.15) is 0 Å². The Morgan fingerprint density at radius 1 is 1.41 bits per heavy atom. The molecule has 17 heavy (non-hydrogen) atoms. The molecule has 0 radical (unpaired) electrons. The fourth-order valence-electron chi connectivity index (χ4n) is 1.41. The molecule has 1 rings (SSSR count). The molecule has 94 valence electrons. The van der Waals surface area contributed by atoms with Crippen molar-refractivity contribution >= 4 is 29.1 Å². The largest absolute Gasteiger partial charge is 0.335 e. The monoisotopic (exact) mass is 273 g/mol. The van der Waals surface area contributed by atoms with E-state index in [0.717, 1.165) is 5.56 Å². The van der Waals surface area contributed by atoms with Gasteiger partial charge in [0.2, 0.25) is 0 Å². The van der Waals surface area contributed by atoms with Gasteiger partial charge in [-0.25, -0.2) is 0 Å². The first-order chi connectivity index (χ1) is 7.79. The summed E-state index contributed by atoms with van der Waals surface area (Å²) >= 11 is 11.7. The van der Waals surface area contributed by atoms with Gasteiger partial charge in [-0.2, -0.15) is 0 Å². The van der Waals surface area contributed by atoms with Crippen molar-refractivity contribution in [2.24, 2.45) is 0 Å². The molecular weight excluding hydrogens is 257 g/mol. The minimum absolute atomic E-state index is 0.0372. The van der Waals surface area contributed by atoms with Crippen molar-refractivity contribution in [2.75, 3.05) is 12.9 Å². The maximum absolute atomic E-state index is 12.3. The van der Waals surface area contributed by atoms with E-state index in [1.807, 2.05) is 20.8 Å². The summed E-state index contributed by atoms with van der Waals surface area (Å²) in [6.45, 7) is 5.74. The van der Waals surface area contributed by atoms with Crippen LogP contribution in [-0.2, 0) is 0 Å². The Kier molecular flexibility index (Phi) is 4.45. The molecule has 1 aromatic carbocycles. The lowest BCUT2D eigenvalue weighted by Crippen LogP contribution is -2.46. The summed E-state index contributed by atoms with van der Waals surface area (Å²) in [5.41, 5.74) is 1.17. The van der Waals surface area contributed by atoms with Crippen LogP contribution in [0.3, 0.4) is 0 Å². The van der Waals surface area contributed by atoms with Gasteiger partial charge in [-0.15, -0.1) is 11.6 Å². The molecule has 0 aliphatic heterocycles. The van der Waals surface area contributed by atoms with E-state index in [-0.39, 0.29) is 11.4 Å². The summed E-state index contributed by atoms with van der Waals surface area (Å²) < 4.78 is 0. The van der Waals surface area contributed by atoms with Crippen LogP contribution in [0.25, 0.3) is 0 Å². The SMILES string of the molecule is Cc1cc(Cl)ccc1C(=O)N(C)C(C)(C)CCl. The summed E-state index contributed by atoms with van der Waals surface area (Å²) in [5.74, 6) is 0.354.